The zero-order valence-corrected chi connectivity index (χ0v) is 8.73. The third kappa shape index (κ3) is 1.61. The van der Waals surface area contributed by atoms with E-state index in [-0.39, 0.29) is 0 Å². The van der Waals surface area contributed by atoms with E-state index in [9.17, 15) is 0 Å². The molecule has 1 aromatic carbocycles. The lowest BCUT2D eigenvalue weighted by atomic mass is 9.97. The van der Waals surface area contributed by atoms with Crippen LogP contribution in [0.5, 0.6) is 0 Å². The van der Waals surface area contributed by atoms with Gasteiger partial charge in [0.05, 0.1) is 0 Å². The highest BCUT2D eigenvalue weighted by molar-refractivity contribution is 7.99. The number of rotatable bonds is 2. The Labute approximate surface area is 83.7 Å². The van der Waals surface area contributed by atoms with Gasteiger partial charge in [-0.1, -0.05) is 18.2 Å². The van der Waals surface area contributed by atoms with E-state index in [2.05, 4.69) is 25.1 Å². The maximum atomic E-state index is 5.59. The van der Waals surface area contributed by atoms with Gasteiger partial charge < -0.3 is 5.73 Å². The number of fused-ring (bicyclic) bond motifs is 1. The van der Waals surface area contributed by atoms with E-state index < -0.39 is 0 Å². The molecule has 1 unspecified atom stereocenters. The molecule has 0 radical (unpaired) electrons. The van der Waals surface area contributed by atoms with Crippen molar-refractivity contribution in [2.24, 2.45) is 5.73 Å². The highest BCUT2D eigenvalue weighted by atomic mass is 32.2. The van der Waals surface area contributed by atoms with Gasteiger partial charge in [0.15, 0.2) is 0 Å². The summed E-state index contributed by atoms with van der Waals surface area (Å²) >= 11 is 1.99. The molecule has 1 aliphatic rings. The van der Waals surface area contributed by atoms with Crippen LogP contribution < -0.4 is 5.73 Å². The molecular weight excluding hydrogens is 178 g/mol. The fourth-order valence-electron chi connectivity index (χ4n) is 1.91. The van der Waals surface area contributed by atoms with Gasteiger partial charge in [0, 0.05) is 10.6 Å². The van der Waals surface area contributed by atoms with Crippen molar-refractivity contribution in [1.82, 2.24) is 0 Å². The summed E-state index contributed by atoms with van der Waals surface area (Å²) in [5.74, 6) is 1.92. The Kier molecular flexibility index (Phi) is 2.61. The third-order valence-electron chi connectivity index (χ3n) is 2.63. The van der Waals surface area contributed by atoms with Crippen molar-refractivity contribution in [2.45, 2.75) is 24.2 Å². The average Bonchev–Trinajstić information content (AvgIpc) is 2.51. The van der Waals surface area contributed by atoms with Crippen LogP contribution in [0.2, 0.25) is 0 Å². The lowest BCUT2D eigenvalue weighted by Crippen LogP contribution is -2.06. The number of aryl methyl sites for hydroxylation is 1. The molecule has 0 saturated carbocycles. The quantitative estimate of drug-likeness (QED) is 0.781. The topological polar surface area (TPSA) is 26.0 Å². The molecule has 0 spiro atoms. The van der Waals surface area contributed by atoms with Crippen molar-refractivity contribution < 1.29 is 0 Å². The Morgan fingerprint density at radius 2 is 2.38 bits per heavy atom. The van der Waals surface area contributed by atoms with E-state index in [1.54, 1.807) is 0 Å². The highest BCUT2D eigenvalue weighted by Crippen LogP contribution is 2.42. The highest BCUT2D eigenvalue weighted by Gasteiger charge is 2.22. The van der Waals surface area contributed by atoms with Crippen molar-refractivity contribution >= 4 is 11.8 Å². The van der Waals surface area contributed by atoms with Crippen LogP contribution in [-0.4, -0.2) is 12.3 Å². The maximum Gasteiger partial charge on any atom is 0.0137 e. The summed E-state index contributed by atoms with van der Waals surface area (Å²) in [5.41, 5.74) is 8.54. The molecular formula is C11H15NS. The first-order chi connectivity index (χ1) is 6.33. The van der Waals surface area contributed by atoms with Crippen LogP contribution in [0, 0.1) is 6.92 Å². The summed E-state index contributed by atoms with van der Waals surface area (Å²) in [4.78, 5) is 1.50. The van der Waals surface area contributed by atoms with Crippen LogP contribution in [0.3, 0.4) is 0 Å². The molecule has 70 valence electrons. The smallest absolute Gasteiger partial charge is 0.0137 e. The van der Waals surface area contributed by atoms with Gasteiger partial charge in [0.2, 0.25) is 0 Å². The van der Waals surface area contributed by atoms with Crippen LogP contribution in [0.1, 0.15) is 23.5 Å². The fraction of sp³-hybridized carbons (Fsp3) is 0.455. The monoisotopic (exact) mass is 193 g/mol. The fourth-order valence-corrected chi connectivity index (χ4v) is 3.32. The average molecular weight is 193 g/mol. The molecule has 1 nitrogen and oxygen atoms in total. The van der Waals surface area contributed by atoms with Crippen molar-refractivity contribution in [3.05, 3.63) is 29.3 Å². The van der Waals surface area contributed by atoms with Crippen molar-refractivity contribution in [1.29, 1.82) is 0 Å². The Morgan fingerprint density at radius 3 is 3.15 bits per heavy atom. The SMILES string of the molecule is Cc1cccc2c1SCC2CCN. The second kappa shape index (κ2) is 3.72. The van der Waals surface area contributed by atoms with Gasteiger partial charge >= 0.3 is 0 Å². The first-order valence-corrected chi connectivity index (χ1v) is 5.74. The summed E-state index contributed by atoms with van der Waals surface area (Å²) in [7, 11) is 0. The van der Waals surface area contributed by atoms with Gasteiger partial charge in [-0.05, 0) is 36.9 Å². The molecule has 2 heteroatoms. The minimum atomic E-state index is 0.699. The van der Waals surface area contributed by atoms with Gasteiger partial charge in [-0.3, -0.25) is 0 Å². The molecule has 2 rings (SSSR count). The van der Waals surface area contributed by atoms with E-state index >= 15 is 0 Å². The molecule has 0 fully saturated rings. The minimum absolute atomic E-state index is 0.699. The summed E-state index contributed by atoms with van der Waals surface area (Å²) in [6.07, 6.45) is 1.13. The molecule has 1 aromatic rings. The number of hydrogen-bond donors (Lipinski definition) is 1. The predicted octanol–water partition coefficient (Wildman–Crippen LogP) is 2.53. The Balaban J connectivity index is 2.32. The van der Waals surface area contributed by atoms with Gasteiger partial charge in [-0.15, -0.1) is 11.8 Å². The Bertz CT molecular complexity index is 309. The van der Waals surface area contributed by atoms with E-state index in [0.29, 0.717) is 5.92 Å². The molecule has 2 N–H and O–H groups in total. The zero-order chi connectivity index (χ0) is 9.26. The number of benzene rings is 1. The van der Waals surface area contributed by atoms with Gasteiger partial charge in [-0.25, -0.2) is 0 Å². The molecule has 0 saturated heterocycles. The van der Waals surface area contributed by atoms with Gasteiger partial charge in [0.25, 0.3) is 0 Å². The number of nitrogens with two attached hydrogens (primary N) is 1. The molecule has 0 amide bonds. The van der Waals surface area contributed by atoms with E-state index in [1.165, 1.54) is 21.8 Å². The van der Waals surface area contributed by atoms with Crippen LogP contribution >= 0.6 is 11.8 Å². The van der Waals surface area contributed by atoms with E-state index in [0.717, 1.165) is 13.0 Å². The first-order valence-electron chi connectivity index (χ1n) is 4.75. The molecule has 13 heavy (non-hydrogen) atoms. The van der Waals surface area contributed by atoms with Crippen LogP contribution in [0.25, 0.3) is 0 Å². The second-order valence-corrected chi connectivity index (χ2v) is 4.61. The van der Waals surface area contributed by atoms with Crippen molar-refractivity contribution in [2.75, 3.05) is 12.3 Å². The first kappa shape index (κ1) is 9.10. The molecule has 0 aromatic heterocycles. The molecule has 1 atom stereocenters. The van der Waals surface area contributed by atoms with E-state index in [4.69, 9.17) is 5.73 Å². The Morgan fingerprint density at radius 1 is 1.54 bits per heavy atom. The molecule has 1 heterocycles. The van der Waals surface area contributed by atoms with Crippen molar-refractivity contribution in [3.8, 4) is 0 Å². The molecule has 1 aliphatic heterocycles. The normalized spacial score (nSPS) is 20.3. The number of hydrogen-bond acceptors (Lipinski definition) is 2. The maximum absolute atomic E-state index is 5.59. The van der Waals surface area contributed by atoms with Crippen LogP contribution in [0.15, 0.2) is 23.1 Å². The second-order valence-electron chi connectivity index (χ2n) is 3.58. The summed E-state index contributed by atoms with van der Waals surface area (Å²) in [6, 6.07) is 6.60. The third-order valence-corrected chi connectivity index (χ3v) is 4.04. The largest absolute Gasteiger partial charge is 0.330 e. The van der Waals surface area contributed by atoms with Crippen LogP contribution in [0.4, 0.5) is 0 Å². The summed E-state index contributed by atoms with van der Waals surface area (Å²) in [5, 5.41) is 0. The van der Waals surface area contributed by atoms with Gasteiger partial charge in [-0.2, -0.15) is 0 Å². The van der Waals surface area contributed by atoms with E-state index in [1.807, 2.05) is 11.8 Å². The summed E-state index contributed by atoms with van der Waals surface area (Å²) in [6.45, 7) is 3.00. The standard InChI is InChI=1S/C11H15NS/c1-8-3-2-4-10-9(5-6-12)7-13-11(8)10/h2-4,9H,5-7,12H2,1H3. The lowest BCUT2D eigenvalue weighted by Gasteiger charge is -2.08. The number of thioether (sulfide) groups is 1. The zero-order valence-electron chi connectivity index (χ0n) is 7.92. The Hall–Kier alpha value is -0.470. The van der Waals surface area contributed by atoms with Crippen molar-refractivity contribution in [3.63, 3.8) is 0 Å². The minimum Gasteiger partial charge on any atom is -0.330 e. The summed E-state index contributed by atoms with van der Waals surface area (Å²) < 4.78 is 0. The predicted molar refractivity (Wildman–Crippen MR) is 58.3 cm³/mol. The van der Waals surface area contributed by atoms with Gasteiger partial charge in [0.1, 0.15) is 0 Å². The lowest BCUT2D eigenvalue weighted by molar-refractivity contribution is 0.700. The van der Waals surface area contributed by atoms with Crippen LogP contribution in [-0.2, 0) is 0 Å². The molecule has 0 aliphatic carbocycles. The molecule has 0 bridgehead atoms.